The SMILES string of the molecule is CCc1nc(-c2cc(Br)ccc2OC)c(N)n1C1CC1. The number of nitrogens with zero attached hydrogens (tertiary/aromatic N) is 2. The van der Waals surface area contributed by atoms with Crippen molar-refractivity contribution in [2.45, 2.75) is 32.2 Å². The lowest BCUT2D eigenvalue weighted by Gasteiger charge is -2.09. The number of imidazole rings is 1. The molecule has 0 atom stereocenters. The van der Waals surface area contributed by atoms with E-state index in [1.54, 1.807) is 7.11 Å². The molecule has 0 unspecified atom stereocenters. The number of halogens is 1. The lowest BCUT2D eigenvalue weighted by molar-refractivity contribution is 0.416. The first-order valence-electron chi connectivity index (χ1n) is 6.86. The van der Waals surface area contributed by atoms with Crippen LogP contribution in [0.3, 0.4) is 0 Å². The first kappa shape index (κ1) is 13.5. The highest BCUT2D eigenvalue weighted by Crippen LogP contribution is 2.43. The van der Waals surface area contributed by atoms with Gasteiger partial charge in [0.25, 0.3) is 0 Å². The molecular weight excluding hydrogens is 318 g/mol. The van der Waals surface area contributed by atoms with Gasteiger partial charge >= 0.3 is 0 Å². The molecule has 5 heteroatoms. The molecule has 1 aromatic heterocycles. The van der Waals surface area contributed by atoms with Crippen LogP contribution in [0.2, 0.25) is 0 Å². The molecule has 2 N–H and O–H groups in total. The highest BCUT2D eigenvalue weighted by Gasteiger charge is 2.30. The third-order valence-corrected chi connectivity index (χ3v) is 4.16. The highest BCUT2D eigenvalue weighted by molar-refractivity contribution is 9.10. The van der Waals surface area contributed by atoms with Crippen LogP contribution in [0.5, 0.6) is 5.75 Å². The van der Waals surface area contributed by atoms with E-state index in [4.69, 9.17) is 15.5 Å². The molecule has 1 saturated carbocycles. The Morgan fingerprint density at radius 1 is 1.45 bits per heavy atom. The van der Waals surface area contributed by atoms with E-state index >= 15 is 0 Å². The monoisotopic (exact) mass is 335 g/mol. The summed E-state index contributed by atoms with van der Waals surface area (Å²) in [6, 6.07) is 6.43. The van der Waals surface area contributed by atoms with Crippen molar-refractivity contribution >= 4 is 21.7 Å². The van der Waals surface area contributed by atoms with E-state index in [-0.39, 0.29) is 0 Å². The minimum Gasteiger partial charge on any atom is -0.496 e. The standard InChI is InChI=1S/C15H18BrN3O/c1-3-13-18-14(15(17)19(13)10-5-6-10)11-8-9(16)4-7-12(11)20-2/h4,7-8,10H,3,5-6,17H2,1-2H3. The van der Waals surface area contributed by atoms with E-state index in [1.165, 1.54) is 12.8 Å². The third kappa shape index (κ3) is 2.20. The van der Waals surface area contributed by atoms with E-state index in [0.29, 0.717) is 6.04 Å². The van der Waals surface area contributed by atoms with Gasteiger partial charge in [-0.2, -0.15) is 0 Å². The van der Waals surface area contributed by atoms with Crippen molar-refractivity contribution in [3.05, 3.63) is 28.5 Å². The van der Waals surface area contributed by atoms with Gasteiger partial charge in [0, 0.05) is 22.5 Å². The summed E-state index contributed by atoms with van der Waals surface area (Å²) in [6.07, 6.45) is 3.28. The fourth-order valence-electron chi connectivity index (χ4n) is 2.55. The molecule has 0 radical (unpaired) electrons. The molecule has 3 rings (SSSR count). The molecule has 0 amide bonds. The normalized spacial score (nSPS) is 14.6. The average molecular weight is 336 g/mol. The molecule has 0 aliphatic heterocycles. The van der Waals surface area contributed by atoms with E-state index in [9.17, 15) is 0 Å². The number of hydrogen-bond donors (Lipinski definition) is 1. The first-order chi connectivity index (χ1) is 9.65. The van der Waals surface area contributed by atoms with Gasteiger partial charge in [-0.3, -0.25) is 0 Å². The quantitative estimate of drug-likeness (QED) is 0.924. The summed E-state index contributed by atoms with van der Waals surface area (Å²) in [5.74, 6) is 2.60. The summed E-state index contributed by atoms with van der Waals surface area (Å²) in [4.78, 5) is 4.75. The maximum atomic E-state index is 6.36. The van der Waals surface area contributed by atoms with Crippen LogP contribution < -0.4 is 10.5 Å². The third-order valence-electron chi connectivity index (χ3n) is 3.67. The second-order valence-electron chi connectivity index (χ2n) is 5.06. The Morgan fingerprint density at radius 2 is 2.20 bits per heavy atom. The van der Waals surface area contributed by atoms with Gasteiger partial charge < -0.3 is 15.0 Å². The highest BCUT2D eigenvalue weighted by atomic mass is 79.9. The van der Waals surface area contributed by atoms with E-state index < -0.39 is 0 Å². The summed E-state index contributed by atoms with van der Waals surface area (Å²) >= 11 is 3.50. The number of nitrogens with two attached hydrogens (primary N) is 1. The molecular formula is C15H18BrN3O. The van der Waals surface area contributed by atoms with Gasteiger partial charge in [0.1, 0.15) is 23.1 Å². The zero-order valence-electron chi connectivity index (χ0n) is 11.7. The van der Waals surface area contributed by atoms with Crippen molar-refractivity contribution in [1.82, 2.24) is 9.55 Å². The number of hydrogen-bond acceptors (Lipinski definition) is 3. The topological polar surface area (TPSA) is 53.1 Å². The maximum absolute atomic E-state index is 6.36. The predicted octanol–water partition coefficient (Wildman–Crippen LogP) is 3.80. The summed E-state index contributed by atoms with van der Waals surface area (Å²) < 4.78 is 8.63. The minimum absolute atomic E-state index is 0.532. The Balaban J connectivity index is 2.17. The first-order valence-corrected chi connectivity index (χ1v) is 7.65. The molecule has 106 valence electrons. The fourth-order valence-corrected chi connectivity index (χ4v) is 2.91. The van der Waals surface area contributed by atoms with E-state index in [1.807, 2.05) is 18.2 Å². The molecule has 1 aliphatic carbocycles. The number of ether oxygens (including phenoxy) is 1. The molecule has 0 saturated heterocycles. The second kappa shape index (κ2) is 5.13. The number of nitrogen functional groups attached to an aromatic ring is 1. The number of aromatic nitrogens is 2. The van der Waals surface area contributed by atoms with Gasteiger partial charge in [0.2, 0.25) is 0 Å². The molecule has 1 aromatic carbocycles. The van der Waals surface area contributed by atoms with Crippen molar-refractivity contribution in [2.75, 3.05) is 12.8 Å². The molecule has 1 heterocycles. The van der Waals surface area contributed by atoms with Crippen LogP contribution in [0, 0.1) is 0 Å². The molecule has 1 aliphatic rings. The van der Waals surface area contributed by atoms with Gasteiger partial charge in [0.05, 0.1) is 7.11 Å². The number of benzene rings is 1. The van der Waals surface area contributed by atoms with Crippen LogP contribution in [0.25, 0.3) is 11.3 Å². The van der Waals surface area contributed by atoms with Gasteiger partial charge in [-0.1, -0.05) is 22.9 Å². The molecule has 1 fully saturated rings. The Bertz CT molecular complexity index is 647. The van der Waals surface area contributed by atoms with Crippen molar-refractivity contribution in [2.24, 2.45) is 0 Å². The smallest absolute Gasteiger partial charge is 0.132 e. The predicted molar refractivity (Wildman–Crippen MR) is 84.0 cm³/mol. The summed E-state index contributed by atoms with van der Waals surface area (Å²) in [5.41, 5.74) is 8.12. The maximum Gasteiger partial charge on any atom is 0.132 e. The Hall–Kier alpha value is -1.49. The largest absolute Gasteiger partial charge is 0.496 e. The summed E-state index contributed by atoms with van der Waals surface area (Å²) in [5, 5.41) is 0. The molecule has 0 bridgehead atoms. The molecule has 2 aromatic rings. The van der Waals surface area contributed by atoms with Crippen LogP contribution in [0.4, 0.5) is 5.82 Å². The minimum atomic E-state index is 0.532. The van der Waals surface area contributed by atoms with Gasteiger partial charge in [-0.05, 0) is 31.0 Å². The number of aryl methyl sites for hydroxylation is 1. The molecule has 4 nitrogen and oxygen atoms in total. The van der Waals surface area contributed by atoms with E-state index in [0.717, 1.165) is 39.5 Å². The second-order valence-corrected chi connectivity index (χ2v) is 5.98. The number of rotatable bonds is 4. The number of anilines is 1. The Kier molecular flexibility index (Phi) is 3.46. The fraction of sp³-hybridized carbons (Fsp3) is 0.400. The van der Waals surface area contributed by atoms with Crippen LogP contribution in [-0.4, -0.2) is 16.7 Å². The van der Waals surface area contributed by atoms with Crippen LogP contribution in [0.1, 0.15) is 31.6 Å². The lowest BCUT2D eigenvalue weighted by atomic mass is 10.1. The van der Waals surface area contributed by atoms with Gasteiger partial charge in [-0.15, -0.1) is 0 Å². The van der Waals surface area contributed by atoms with Crippen molar-refractivity contribution in [3.8, 4) is 17.0 Å². The zero-order chi connectivity index (χ0) is 14.3. The van der Waals surface area contributed by atoms with E-state index in [2.05, 4.69) is 27.4 Å². The van der Waals surface area contributed by atoms with Crippen molar-refractivity contribution in [3.63, 3.8) is 0 Å². The van der Waals surface area contributed by atoms with Crippen LogP contribution >= 0.6 is 15.9 Å². The zero-order valence-corrected chi connectivity index (χ0v) is 13.3. The number of methoxy groups -OCH3 is 1. The summed E-state index contributed by atoms with van der Waals surface area (Å²) in [7, 11) is 1.67. The average Bonchev–Trinajstić information content (AvgIpc) is 3.22. The van der Waals surface area contributed by atoms with Crippen LogP contribution in [-0.2, 0) is 6.42 Å². The van der Waals surface area contributed by atoms with Gasteiger partial charge in [-0.25, -0.2) is 4.98 Å². The molecule has 20 heavy (non-hydrogen) atoms. The molecule has 0 spiro atoms. The van der Waals surface area contributed by atoms with Crippen molar-refractivity contribution in [1.29, 1.82) is 0 Å². The van der Waals surface area contributed by atoms with Crippen LogP contribution in [0.15, 0.2) is 22.7 Å². The Labute approximate surface area is 127 Å². The summed E-state index contributed by atoms with van der Waals surface area (Å²) in [6.45, 7) is 2.11. The van der Waals surface area contributed by atoms with Gasteiger partial charge in [0.15, 0.2) is 0 Å². The van der Waals surface area contributed by atoms with Crippen molar-refractivity contribution < 1.29 is 4.74 Å². The Morgan fingerprint density at radius 3 is 2.80 bits per heavy atom. The lowest BCUT2D eigenvalue weighted by Crippen LogP contribution is -2.04.